The van der Waals surface area contributed by atoms with Crippen molar-refractivity contribution in [1.29, 1.82) is 0 Å². The zero-order valence-corrected chi connectivity index (χ0v) is 42.0. The Morgan fingerprint density at radius 3 is 1.00 bits per heavy atom. The van der Waals surface area contributed by atoms with E-state index in [9.17, 15) is 14.7 Å². The average molecular weight is 899 g/mol. The molecule has 1 atom stereocenters. The lowest BCUT2D eigenvalue weighted by Gasteiger charge is -2.15. The number of carbonyl (C=O) groups excluding carboxylic acids is 2. The Morgan fingerprint density at radius 2 is 0.662 bits per heavy atom. The normalized spacial score (nSPS) is 13.2. The smallest absolute Gasteiger partial charge is 0.306 e. The van der Waals surface area contributed by atoms with Crippen LogP contribution in [0.15, 0.2) is 122 Å². The Kier molecular flexibility index (Phi) is 51.5. The second-order valence-corrected chi connectivity index (χ2v) is 17.2. The summed E-state index contributed by atoms with van der Waals surface area (Å²) in [6, 6.07) is 0. The fraction of sp³-hybridized carbons (Fsp3) is 0.633. The van der Waals surface area contributed by atoms with Gasteiger partial charge in [0.2, 0.25) is 0 Å². The zero-order valence-electron chi connectivity index (χ0n) is 42.0. The number of aliphatic hydroxyl groups is 1. The Bertz CT molecular complexity index is 1340. The largest absolute Gasteiger partial charge is 0.462 e. The van der Waals surface area contributed by atoms with Crippen LogP contribution >= 0.6 is 0 Å². The van der Waals surface area contributed by atoms with E-state index in [-0.39, 0.29) is 25.2 Å². The highest BCUT2D eigenvalue weighted by molar-refractivity contribution is 5.70. The standard InChI is InChI=1S/C60H98O5/c1-3-5-7-9-11-13-15-17-19-20-21-22-23-24-25-26-27-28-29-30-31-32-33-34-35-36-37-38-39-40-41-43-45-47-49-51-53-55-60(63)65-58(56-61)57-64-59(62)54-52-50-48-46-44-42-18-16-14-12-10-8-6-4-2/h5,7,11,13,17,19,21-22,24-25,27-28,30-31,33-34,36-37,39-40,58,61H,3-4,6,8-10,12,14-16,18,20,23,26,29,32,35,38,41-57H2,1-2H3/b7-5-,13-11-,19-17-,22-21-,25-24-,28-27-,31-30-,34-33-,37-36-,40-39-. The first-order valence-corrected chi connectivity index (χ1v) is 26.6. The minimum absolute atomic E-state index is 0.0759. The number of hydrogen-bond acceptors (Lipinski definition) is 5. The first-order valence-electron chi connectivity index (χ1n) is 26.6. The quantitative estimate of drug-likeness (QED) is 0.0374. The fourth-order valence-electron chi connectivity index (χ4n) is 7.05. The molecule has 0 saturated carbocycles. The van der Waals surface area contributed by atoms with Gasteiger partial charge in [-0.15, -0.1) is 0 Å². The molecule has 1 unspecified atom stereocenters. The number of ether oxygens (including phenoxy) is 2. The van der Waals surface area contributed by atoms with E-state index < -0.39 is 6.10 Å². The van der Waals surface area contributed by atoms with Crippen LogP contribution in [0.25, 0.3) is 0 Å². The Labute approximate surface area is 401 Å². The van der Waals surface area contributed by atoms with Gasteiger partial charge < -0.3 is 14.6 Å². The zero-order chi connectivity index (χ0) is 47.0. The summed E-state index contributed by atoms with van der Waals surface area (Å²) in [7, 11) is 0. The van der Waals surface area contributed by atoms with Crippen molar-refractivity contribution in [1.82, 2.24) is 0 Å². The molecule has 0 aromatic rings. The SMILES string of the molecule is CC/C=C\C/C=C\C/C=C\C/C=C\C/C=C\C/C=C\C/C=C\C/C=C\C/C=C\C/C=C\CCCCCCCCC(=O)OC(CO)COC(=O)CCCCCCCCCCCCCCCC. The molecule has 5 nitrogen and oxygen atoms in total. The van der Waals surface area contributed by atoms with Gasteiger partial charge in [-0.25, -0.2) is 0 Å². The van der Waals surface area contributed by atoms with E-state index in [1.165, 1.54) is 89.9 Å². The highest BCUT2D eigenvalue weighted by Gasteiger charge is 2.16. The summed E-state index contributed by atoms with van der Waals surface area (Å²) < 4.78 is 10.7. The van der Waals surface area contributed by atoms with Crippen LogP contribution in [0.2, 0.25) is 0 Å². The van der Waals surface area contributed by atoms with Crippen LogP contribution in [0, 0.1) is 0 Å². The van der Waals surface area contributed by atoms with Crippen molar-refractivity contribution in [3.05, 3.63) is 122 Å². The van der Waals surface area contributed by atoms with Gasteiger partial charge in [-0.05, 0) is 89.9 Å². The van der Waals surface area contributed by atoms with Crippen molar-refractivity contribution in [2.24, 2.45) is 0 Å². The summed E-state index contributed by atoms with van der Waals surface area (Å²) >= 11 is 0. The number of carbonyl (C=O) groups is 2. The predicted octanol–water partition coefficient (Wildman–Crippen LogP) is 17.9. The van der Waals surface area contributed by atoms with E-state index in [0.29, 0.717) is 12.8 Å². The summed E-state index contributed by atoms with van der Waals surface area (Å²) in [4.78, 5) is 24.4. The number of esters is 2. The summed E-state index contributed by atoms with van der Waals surface area (Å²) in [5.41, 5.74) is 0. The van der Waals surface area contributed by atoms with Gasteiger partial charge in [-0.1, -0.05) is 245 Å². The number of aliphatic hydroxyl groups excluding tert-OH is 1. The highest BCUT2D eigenvalue weighted by atomic mass is 16.6. The molecule has 5 heteroatoms. The van der Waals surface area contributed by atoms with E-state index in [4.69, 9.17) is 9.47 Å². The lowest BCUT2D eigenvalue weighted by molar-refractivity contribution is -0.161. The maximum absolute atomic E-state index is 12.3. The van der Waals surface area contributed by atoms with Crippen LogP contribution < -0.4 is 0 Å². The summed E-state index contributed by atoms with van der Waals surface area (Å²) in [5, 5.41) is 9.61. The van der Waals surface area contributed by atoms with Crippen molar-refractivity contribution in [3.63, 3.8) is 0 Å². The second kappa shape index (κ2) is 54.6. The molecule has 0 aliphatic heterocycles. The van der Waals surface area contributed by atoms with E-state index in [1.54, 1.807) is 0 Å². The summed E-state index contributed by atoms with van der Waals surface area (Å²) in [5.74, 6) is -0.610. The van der Waals surface area contributed by atoms with Gasteiger partial charge in [0, 0.05) is 12.8 Å². The van der Waals surface area contributed by atoms with Gasteiger partial charge in [-0.2, -0.15) is 0 Å². The van der Waals surface area contributed by atoms with Crippen LogP contribution in [0.4, 0.5) is 0 Å². The minimum Gasteiger partial charge on any atom is -0.462 e. The van der Waals surface area contributed by atoms with Crippen molar-refractivity contribution >= 4 is 11.9 Å². The van der Waals surface area contributed by atoms with Gasteiger partial charge in [0.25, 0.3) is 0 Å². The molecule has 0 bridgehead atoms. The third kappa shape index (κ3) is 52.8. The lowest BCUT2D eigenvalue weighted by atomic mass is 10.0. The van der Waals surface area contributed by atoms with Gasteiger partial charge in [-0.3, -0.25) is 9.59 Å². The van der Waals surface area contributed by atoms with E-state index in [2.05, 4.69) is 135 Å². The molecular weight excluding hydrogens is 801 g/mol. The molecule has 0 aliphatic carbocycles. The Hall–Kier alpha value is -3.70. The number of hydrogen-bond donors (Lipinski definition) is 1. The van der Waals surface area contributed by atoms with Crippen molar-refractivity contribution in [2.45, 2.75) is 232 Å². The first-order chi connectivity index (χ1) is 32.1. The number of rotatable bonds is 47. The molecule has 368 valence electrons. The average Bonchev–Trinajstić information content (AvgIpc) is 3.31. The fourth-order valence-corrected chi connectivity index (χ4v) is 7.05. The molecule has 0 heterocycles. The molecule has 0 spiro atoms. The van der Waals surface area contributed by atoms with Gasteiger partial charge >= 0.3 is 11.9 Å². The molecule has 0 saturated heterocycles. The highest BCUT2D eigenvalue weighted by Crippen LogP contribution is 2.14. The molecule has 0 rings (SSSR count). The maximum Gasteiger partial charge on any atom is 0.306 e. The Morgan fingerprint density at radius 1 is 0.369 bits per heavy atom. The third-order valence-corrected chi connectivity index (χ3v) is 11.0. The second-order valence-electron chi connectivity index (χ2n) is 17.2. The van der Waals surface area contributed by atoms with E-state index >= 15 is 0 Å². The first kappa shape index (κ1) is 61.3. The molecule has 1 N–H and O–H groups in total. The Balaban J connectivity index is 3.63. The predicted molar refractivity (Wildman–Crippen MR) is 283 cm³/mol. The van der Waals surface area contributed by atoms with E-state index in [1.807, 2.05) is 0 Å². The third-order valence-electron chi connectivity index (χ3n) is 11.0. The molecule has 0 aliphatic rings. The summed E-state index contributed by atoms with van der Waals surface area (Å²) in [6.45, 7) is 4.01. The molecular formula is C60H98O5. The monoisotopic (exact) mass is 899 g/mol. The molecule has 0 aromatic heterocycles. The van der Waals surface area contributed by atoms with Crippen molar-refractivity contribution < 1.29 is 24.2 Å². The number of allylic oxidation sites excluding steroid dienone is 20. The van der Waals surface area contributed by atoms with Crippen molar-refractivity contribution in [3.8, 4) is 0 Å². The van der Waals surface area contributed by atoms with Gasteiger partial charge in [0.05, 0.1) is 6.61 Å². The van der Waals surface area contributed by atoms with E-state index in [0.717, 1.165) is 109 Å². The van der Waals surface area contributed by atoms with Gasteiger partial charge in [0.15, 0.2) is 6.10 Å². The van der Waals surface area contributed by atoms with Crippen LogP contribution in [0.5, 0.6) is 0 Å². The number of unbranched alkanes of at least 4 members (excludes halogenated alkanes) is 19. The van der Waals surface area contributed by atoms with Crippen molar-refractivity contribution in [2.75, 3.05) is 13.2 Å². The van der Waals surface area contributed by atoms with Crippen LogP contribution in [-0.4, -0.2) is 36.4 Å². The topological polar surface area (TPSA) is 72.8 Å². The van der Waals surface area contributed by atoms with Crippen LogP contribution in [0.3, 0.4) is 0 Å². The summed E-state index contributed by atoms with van der Waals surface area (Å²) in [6.07, 6.45) is 80.1. The maximum atomic E-state index is 12.3. The molecule has 0 radical (unpaired) electrons. The van der Waals surface area contributed by atoms with Crippen LogP contribution in [-0.2, 0) is 19.1 Å². The minimum atomic E-state index is -0.785. The molecule has 65 heavy (non-hydrogen) atoms. The van der Waals surface area contributed by atoms with Gasteiger partial charge in [0.1, 0.15) is 6.61 Å². The molecule has 0 fully saturated rings. The van der Waals surface area contributed by atoms with Crippen LogP contribution in [0.1, 0.15) is 226 Å². The lowest BCUT2D eigenvalue weighted by Crippen LogP contribution is -2.28. The molecule has 0 amide bonds. The molecule has 0 aromatic carbocycles.